The van der Waals surface area contributed by atoms with Gasteiger partial charge in [0.05, 0.1) is 17.9 Å². The third kappa shape index (κ3) is 3.53. The summed E-state index contributed by atoms with van der Waals surface area (Å²) in [5, 5.41) is 8.41. The predicted molar refractivity (Wildman–Crippen MR) is 122 cm³/mol. The molecule has 5 rings (SSSR count). The van der Waals surface area contributed by atoms with E-state index in [9.17, 15) is 9.59 Å². The molecule has 0 radical (unpaired) electrons. The van der Waals surface area contributed by atoms with Crippen molar-refractivity contribution in [3.05, 3.63) is 76.2 Å². The molecular formula is C23H21N5O2S. The van der Waals surface area contributed by atoms with Crippen LogP contribution in [0.25, 0.3) is 16.7 Å². The van der Waals surface area contributed by atoms with Gasteiger partial charge in [-0.05, 0) is 49.2 Å². The van der Waals surface area contributed by atoms with Crippen LogP contribution < -0.4 is 10.9 Å². The van der Waals surface area contributed by atoms with Crippen LogP contribution in [0.2, 0.25) is 0 Å². The summed E-state index contributed by atoms with van der Waals surface area (Å²) in [7, 11) is 0. The molecule has 0 saturated carbocycles. The van der Waals surface area contributed by atoms with Crippen molar-refractivity contribution in [2.45, 2.75) is 31.5 Å². The molecule has 31 heavy (non-hydrogen) atoms. The second-order valence-electron chi connectivity index (χ2n) is 7.71. The third-order valence-corrected chi connectivity index (χ3v) is 6.68. The number of carbonyl (C=O) groups excluding carboxylic acids is 1. The molecule has 2 aromatic carbocycles. The molecule has 1 aliphatic heterocycles. The number of aryl methyl sites for hydroxylation is 2. The highest BCUT2D eigenvalue weighted by Gasteiger charge is 2.29. The van der Waals surface area contributed by atoms with Gasteiger partial charge in [-0.15, -0.1) is 0 Å². The van der Waals surface area contributed by atoms with Crippen molar-refractivity contribution in [1.82, 2.24) is 19.3 Å². The molecular weight excluding hydrogens is 410 g/mol. The van der Waals surface area contributed by atoms with E-state index < -0.39 is 0 Å². The Morgan fingerprint density at radius 2 is 1.97 bits per heavy atom. The number of amides is 1. The molecule has 8 heteroatoms. The van der Waals surface area contributed by atoms with Gasteiger partial charge < -0.3 is 5.32 Å². The SMILES string of the molecule is Cc1ccc(-n2ncc3c(=O)n4c(nc32)SCC4CC(=O)Nc2ccccc2)cc1C. The normalized spacial score (nSPS) is 15.2. The Morgan fingerprint density at radius 1 is 1.16 bits per heavy atom. The molecule has 0 saturated heterocycles. The average molecular weight is 432 g/mol. The summed E-state index contributed by atoms with van der Waals surface area (Å²) in [4.78, 5) is 30.5. The van der Waals surface area contributed by atoms with Crippen molar-refractivity contribution in [2.75, 3.05) is 11.1 Å². The van der Waals surface area contributed by atoms with Crippen LogP contribution in [0.1, 0.15) is 23.6 Å². The van der Waals surface area contributed by atoms with Gasteiger partial charge in [0, 0.05) is 17.9 Å². The number of fused-ring (bicyclic) bond motifs is 2. The van der Waals surface area contributed by atoms with Crippen molar-refractivity contribution >= 4 is 34.4 Å². The van der Waals surface area contributed by atoms with Crippen LogP contribution >= 0.6 is 11.8 Å². The highest BCUT2D eigenvalue weighted by molar-refractivity contribution is 7.99. The molecule has 4 aromatic rings. The number of rotatable bonds is 4. The lowest BCUT2D eigenvalue weighted by Gasteiger charge is -2.13. The van der Waals surface area contributed by atoms with Crippen LogP contribution in [-0.4, -0.2) is 31.0 Å². The van der Waals surface area contributed by atoms with Crippen LogP contribution in [-0.2, 0) is 4.79 Å². The zero-order chi connectivity index (χ0) is 21.5. The van der Waals surface area contributed by atoms with E-state index >= 15 is 0 Å². The molecule has 1 unspecified atom stereocenters. The molecule has 1 atom stereocenters. The first kappa shape index (κ1) is 19.6. The Labute approximate surface area is 183 Å². The molecule has 0 fully saturated rings. The second kappa shape index (κ2) is 7.70. The first-order valence-corrected chi connectivity index (χ1v) is 11.1. The van der Waals surface area contributed by atoms with Crippen LogP contribution in [0.15, 0.2) is 64.7 Å². The fourth-order valence-electron chi connectivity index (χ4n) is 3.77. The van der Waals surface area contributed by atoms with E-state index in [1.165, 1.54) is 17.3 Å². The number of benzene rings is 2. The van der Waals surface area contributed by atoms with Crippen LogP contribution in [0.4, 0.5) is 5.69 Å². The predicted octanol–water partition coefficient (Wildman–Crippen LogP) is 3.87. The molecule has 7 nitrogen and oxygen atoms in total. The van der Waals surface area contributed by atoms with Gasteiger partial charge in [-0.3, -0.25) is 14.2 Å². The smallest absolute Gasteiger partial charge is 0.265 e. The maximum Gasteiger partial charge on any atom is 0.265 e. The lowest BCUT2D eigenvalue weighted by atomic mass is 10.1. The molecule has 1 N–H and O–H groups in total. The van der Waals surface area contributed by atoms with E-state index in [1.807, 2.05) is 55.5 Å². The number of anilines is 1. The molecule has 1 amide bonds. The number of nitrogens with zero attached hydrogens (tertiary/aromatic N) is 4. The highest BCUT2D eigenvalue weighted by atomic mass is 32.2. The largest absolute Gasteiger partial charge is 0.326 e. The van der Waals surface area contributed by atoms with Gasteiger partial charge in [-0.2, -0.15) is 5.10 Å². The first-order valence-electron chi connectivity index (χ1n) is 10.1. The van der Waals surface area contributed by atoms with Gasteiger partial charge in [-0.1, -0.05) is 36.0 Å². The Kier molecular flexibility index (Phi) is 4.86. The number of aromatic nitrogens is 4. The average Bonchev–Trinajstić information content (AvgIpc) is 3.36. The highest BCUT2D eigenvalue weighted by Crippen LogP contribution is 2.33. The van der Waals surface area contributed by atoms with E-state index in [0.29, 0.717) is 21.9 Å². The Morgan fingerprint density at radius 3 is 2.74 bits per heavy atom. The van der Waals surface area contributed by atoms with Gasteiger partial charge in [0.2, 0.25) is 5.91 Å². The zero-order valence-corrected chi connectivity index (χ0v) is 18.0. The molecule has 2 aromatic heterocycles. The lowest BCUT2D eigenvalue weighted by Crippen LogP contribution is -2.27. The number of hydrogen-bond donors (Lipinski definition) is 1. The minimum atomic E-state index is -0.238. The quantitative estimate of drug-likeness (QED) is 0.496. The van der Waals surface area contributed by atoms with Crippen molar-refractivity contribution in [2.24, 2.45) is 0 Å². The fraction of sp³-hybridized carbons (Fsp3) is 0.217. The van der Waals surface area contributed by atoms with Crippen molar-refractivity contribution in [1.29, 1.82) is 0 Å². The number of nitrogens with one attached hydrogen (secondary N) is 1. The maximum absolute atomic E-state index is 13.3. The minimum Gasteiger partial charge on any atom is -0.326 e. The summed E-state index contributed by atoms with van der Waals surface area (Å²) in [5.41, 5.74) is 4.35. The van der Waals surface area contributed by atoms with Gasteiger partial charge in [0.1, 0.15) is 5.39 Å². The summed E-state index contributed by atoms with van der Waals surface area (Å²) >= 11 is 1.50. The van der Waals surface area contributed by atoms with E-state index in [4.69, 9.17) is 4.98 Å². The van der Waals surface area contributed by atoms with Crippen LogP contribution in [0.3, 0.4) is 0 Å². The molecule has 1 aliphatic rings. The Hall–Kier alpha value is -3.39. The van der Waals surface area contributed by atoms with Gasteiger partial charge in [0.25, 0.3) is 5.56 Å². The van der Waals surface area contributed by atoms with Gasteiger partial charge in [0.15, 0.2) is 10.8 Å². The second-order valence-corrected chi connectivity index (χ2v) is 8.70. The summed E-state index contributed by atoms with van der Waals surface area (Å²) in [6, 6.07) is 15.1. The maximum atomic E-state index is 13.3. The monoisotopic (exact) mass is 431 g/mol. The van der Waals surface area contributed by atoms with Crippen LogP contribution in [0, 0.1) is 13.8 Å². The summed E-state index contributed by atoms with van der Waals surface area (Å²) in [6.07, 6.45) is 1.78. The van der Waals surface area contributed by atoms with Crippen molar-refractivity contribution in [3.63, 3.8) is 0 Å². The van der Waals surface area contributed by atoms with Gasteiger partial charge >= 0.3 is 0 Å². The molecule has 0 aliphatic carbocycles. The number of hydrogen-bond acceptors (Lipinski definition) is 5. The van der Waals surface area contributed by atoms with E-state index in [1.54, 1.807) is 15.4 Å². The summed E-state index contributed by atoms with van der Waals surface area (Å²) in [6.45, 7) is 4.11. The first-order chi connectivity index (χ1) is 15.0. The standard InChI is InChI=1S/C23H21N5O2S/c1-14-8-9-17(10-15(14)2)28-21-19(12-24-28)22(30)27-18(13-31-23(27)26-21)11-20(29)25-16-6-4-3-5-7-16/h3-10,12,18H,11,13H2,1-2H3,(H,25,29). The minimum absolute atomic E-state index is 0.123. The Balaban J connectivity index is 1.47. The molecule has 3 heterocycles. The lowest BCUT2D eigenvalue weighted by molar-refractivity contribution is -0.116. The molecule has 0 spiro atoms. The number of thioether (sulfide) groups is 1. The zero-order valence-electron chi connectivity index (χ0n) is 17.2. The van der Waals surface area contributed by atoms with E-state index in [0.717, 1.165) is 16.9 Å². The number of para-hydroxylation sites is 1. The van der Waals surface area contributed by atoms with E-state index in [2.05, 4.69) is 17.3 Å². The summed E-state index contributed by atoms with van der Waals surface area (Å²) in [5.74, 6) is 0.510. The summed E-state index contributed by atoms with van der Waals surface area (Å²) < 4.78 is 3.35. The fourth-order valence-corrected chi connectivity index (χ4v) is 4.91. The number of carbonyl (C=O) groups is 1. The molecule has 0 bridgehead atoms. The topological polar surface area (TPSA) is 81.8 Å². The molecule has 156 valence electrons. The third-order valence-electron chi connectivity index (χ3n) is 5.58. The van der Waals surface area contributed by atoms with Gasteiger partial charge in [-0.25, -0.2) is 9.67 Å². The van der Waals surface area contributed by atoms with Crippen LogP contribution in [0.5, 0.6) is 0 Å². The van der Waals surface area contributed by atoms with Crippen molar-refractivity contribution < 1.29 is 4.79 Å². The van der Waals surface area contributed by atoms with Crippen molar-refractivity contribution in [3.8, 4) is 5.69 Å². The Bertz CT molecular complexity index is 1360. The van der Waals surface area contributed by atoms with E-state index in [-0.39, 0.29) is 23.9 Å².